The number of fused-ring (bicyclic) bond motifs is 1. The van der Waals surface area contributed by atoms with E-state index in [9.17, 15) is 9.59 Å². The molecule has 0 aliphatic rings. The summed E-state index contributed by atoms with van der Waals surface area (Å²) < 4.78 is 8.19. The largest absolute Gasteiger partial charge is 0.339 e. The van der Waals surface area contributed by atoms with Gasteiger partial charge in [-0.05, 0) is 38.3 Å². The minimum Gasteiger partial charge on any atom is -0.339 e. The summed E-state index contributed by atoms with van der Waals surface area (Å²) in [5.41, 5.74) is 0.825. The first-order valence-corrected chi connectivity index (χ1v) is 10.5. The molecule has 0 saturated carbocycles. The van der Waals surface area contributed by atoms with E-state index < -0.39 is 0 Å². The summed E-state index contributed by atoms with van der Waals surface area (Å²) in [5, 5.41) is 3.96. The highest BCUT2D eigenvalue weighted by Crippen LogP contribution is 2.13. The number of pyridine rings is 1. The van der Waals surface area contributed by atoms with Crippen LogP contribution in [0.4, 0.5) is 0 Å². The van der Waals surface area contributed by atoms with Crippen molar-refractivity contribution in [1.82, 2.24) is 34.2 Å². The van der Waals surface area contributed by atoms with Gasteiger partial charge in [-0.1, -0.05) is 24.6 Å². The van der Waals surface area contributed by atoms with Crippen molar-refractivity contribution in [3.63, 3.8) is 0 Å². The average Bonchev–Trinajstić information content (AvgIpc) is 3.40. The van der Waals surface area contributed by atoms with Crippen LogP contribution in [-0.4, -0.2) is 34.2 Å². The van der Waals surface area contributed by atoms with Gasteiger partial charge in [0.1, 0.15) is 17.0 Å². The minimum absolute atomic E-state index is 0.312. The first-order chi connectivity index (χ1) is 15.1. The van der Waals surface area contributed by atoms with Gasteiger partial charge in [0.2, 0.25) is 11.7 Å². The normalized spacial score (nSPS) is 11.4. The zero-order chi connectivity index (χ0) is 21.8. The standard InChI is InChI=1S/C21H25N7O3/c1-3-4-12-27-19-17(23-14(2)24-19)20(29)28(21(27)30)13-8-6-10-16-25-18(26-31-16)15-9-5-7-11-22-15/h5,7,9,11H,3-4,6,8,10,12-13H2,1-2H3,(H,23,24). The van der Waals surface area contributed by atoms with Crippen LogP contribution in [0.1, 0.15) is 44.3 Å². The van der Waals surface area contributed by atoms with Crippen molar-refractivity contribution in [2.24, 2.45) is 0 Å². The van der Waals surface area contributed by atoms with Crippen LogP contribution in [0, 0.1) is 6.92 Å². The van der Waals surface area contributed by atoms with Crippen molar-refractivity contribution in [2.75, 3.05) is 0 Å². The van der Waals surface area contributed by atoms with Gasteiger partial charge in [0.25, 0.3) is 5.56 Å². The van der Waals surface area contributed by atoms with Gasteiger partial charge in [-0.25, -0.2) is 9.78 Å². The van der Waals surface area contributed by atoms with Gasteiger partial charge in [-0.3, -0.25) is 18.9 Å². The van der Waals surface area contributed by atoms with Crippen LogP contribution in [0.25, 0.3) is 22.7 Å². The van der Waals surface area contributed by atoms with E-state index in [2.05, 4.69) is 32.0 Å². The van der Waals surface area contributed by atoms with Gasteiger partial charge in [0, 0.05) is 25.7 Å². The molecule has 4 rings (SSSR count). The average molecular weight is 423 g/mol. The minimum atomic E-state index is -0.330. The molecule has 0 amide bonds. The number of rotatable bonds is 9. The Kier molecular flexibility index (Phi) is 6.06. The van der Waals surface area contributed by atoms with E-state index in [1.165, 1.54) is 4.57 Å². The number of hydrogen-bond donors (Lipinski definition) is 1. The van der Waals surface area contributed by atoms with E-state index in [4.69, 9.17) is 4.52 Å². The maximum atomic E-state index is 13.0. The Labute approximate surface area is 178 Å². The van der Waals surface area contributed by atoms with E-state index >= 15 is 0 Å². The summed E-state index contributed by atoms with van der Waals surface area (Å²) in [5.74, 6) is 1.58. The Balaban J connectivity index is 1.46. The van der Waals surface area contributed by atoms with Gasteiger partial charge in [0.15, 0.2) is 5.65 Å². The first kappa shape index (κ1) is 20.7. The fraction of sp³-hybridized carbons (Fsp3) is 0.429. The highest BCUT2D eigenvalue weighted by molar-refractivity contribution is 5.69. The van der Waals surface area contributed by atoms with Crippen molar-refractivity contribution in [3.05, 3.63) is 56.9 Å². The number of nitrogens with zero attached hydrogens (tertiary/aromatic N) is 6. The van der Waals surface area contributed by atoms with Gasteiger partial charge in [-0.15, -0.1) is 0 Å². The molecule has 4 aromatic rings. The molecular weight excluding hydrogens is 398 g/mol. The van der Waals surface area contributed by atoms with Crippen LogP contribution in [0.15, 0.2) is 38.5 Å². The lowest BCUT2D eigenvalue weighted by Crippen LogP contribution is -2.40. The summed E-state index contributed by atoms with van der Waals surface area (Å²) in [7, 11) is 0. The molecule has 0 spiro atoms. The first-order valence-electron chi connectivity index (χ1n) is 10.5. The number of aromatic amines is 1. The Morgan fingerprint density at radius 2 is 1.90 bits per heavy atom. The van der Waals surface area contributed by atoms with Crippen LogP contribution in [0.3, 0.4) is 0 Å². The zero-order valence-corrected chi connectivity index (χ0v) is 17.7. The van der Waals surface area contributed by atoms with E-state index in [0.29, 0.717) is 66.7 Å². The summed E-state index contributed by atoms with van der Waals surface area (Å²) >= 11 is 0. The lowest BCUT2D eigenvalue weighted by Gasteiger charge is -2.10. The summed E-state index contributed by atoms with van der Waals surface area (Å²) in [6.07, 6.45) is 5.35. The van der Waals surface area contributed by atoms with E-state index in [1.807, 2.05) is 18.2 Å². The van der Waals surface area contributed by atoms with Crippen LogP contribution in [0.2, 0.25) is 0 Å². The quantitative estimate of drug-likeness (QED) is 0.410. The van der Waals surface area contributed by atoms with Gasteiger partial charge >= 0.3 is 5.69 Å². The van der Waals surface area contributed by atoms with Crippen molar-refractivity contribution in [2.45, 2.75) is 59.0 Å². The number of unbranched alkanes of at least 4 members (excludes halogenated alkanes) is 2. The molecule has 0 aliphatic heterocycles. The Bertz CT molecular complexity index is 1280. The second-order valence-electron chi connectivity index (χ2n) is 7.45. The van der Waals surface area contributed by atoms with Crippen molar-refractivity contribution in [3.8, 4) is 11.5 Å². The topological polar surface area (TPSA) is 124 Å². The molecule has 0 saturated heterocycles. The van der Waals surface area contributed by atoms with Gasteiger partial charge < -0.3 is 9.51 Å². The lowest BCUT2D eigenvalue weighted by atomic mass is 10.2. The Hall–Kier alpha value is -3.56. The highest BCUT2D eigenvalue weighted by atomic mass is 16.5. The molecular formula is C21H25N7O3. The van der Waals surface area contributed by atoms with Gasteiger partial charge in [-0.2, -0.15) is 4.98 Å². The third-order valence-corrected chi connectivity index (χ3v) is 5.10. The van der Waals surface area contributed by atoms with Crippen LogP contribution < -0.4 is 11.2 Å². The van der Waals surface area contributed by atoms with Crippen LogP contribution >= 0.6 is 0 Å². The molecule has 0 radical (unpaired) electrons. The van der Waals surface area contributed by atoms with Crippen molar-refractivity contribution >= 4 is 11.2 Å². The molecule has 0 fully saturated rings. The third kappa shape index (κ3) is 4.32. The van der Waals surface area contributed by atoms with Crippen LogP contribution in [-0.2, 0) is 19.5 Å². The second-order valence-corrected chi connectivity index (χ2v) is 7.45. The Morgan fingerprint density at radius 3 is 2.68 bits per heavy atom. The molecule has 10 heteroatoms. The molecule has 0 aromatic carbocycles. The summed E-state index contributed by atoms with van der Waals surface area (Å²) in [6, 6.07) is 5.50. The predicted octanol–water partition coefficient (Wildman–Crippen LogP) is 2.46. The molecule has 10 nitrogen and oxygen atoms in total. The second kappa shape index (κ2) is 9.07. The van der Waals surface area contributed by atoms with Crippen LogP contribution in [0.5, 0.6) is 0 Å². The fourth-order valence-electron chi connectivity index (χ4n) is 3.50. The predicted molar refractivity (Wildman–Crippen MR) is 115 cm³/mol. The molecule has 0 unspecified atom stereocenters. The maximum Gasteiger partial charge on any atom is 0.332 e. The number of hydrogen-bond acceptors (Lipinski definition) is 7. The lowest BCUT2D eigenvalue weighted by molar-refractivity contribution is 0.372. The highest BCUT2D eigenvalue weighted by Gasteiger charge is 2.16. The molecule has 0 bridgehead atoms. The molecule has 162 valence electrons. The van der Waals surface area contributed by atoms with Gasteiger partial charge in [0.05, 0.1) is 0 Å². The molecule has 0 aliphatic carbocycles. The maximum absolute atomic E-state index is 13.0. The fourth-order valence-corrected chi connectivity index (χ4v) is 3.50. The number of imidazole rings is 1. The van der Waals surface area contributed by atoms with E-state index in [1.54, 1.807) is 17.7 Å². The zero-order valence-electron chi connectivity index (χ0n) is 17.7. The third-order valence-electron chi connectivity index (χ3n) is 5.10. The summed E-state index contributed by atoms with van der Waals surface area (Å²) in [4.78, 5) is 41.7. The number of aryl methyl sites for hydroxylation is 3. The van der Waals surface area contributed by atoms with E-state index in [0.717, 1.165) is 12.8 Å². The smallest absolute Gasteiger partial charge is 0.332 e. The Morgan fingerprint density at radius 1 is 1.06 bits per heavy atom. The molecule has 0 atom stereocenters. The SMILES string of the molecule is CCCCn1c(=O)n(CCCCc2nc(-c3ccccn3)no2)c(=O)c2[nH]c(C)nc21. The van der Waals surface area contributed by atoms with E-state index in [-0.39, 0.29) is 11.2 Å². The number of aromatic nitrogens is 7. The molecule has 1 N–H and O–H groups in total. The molecule has 4 heterocycles. The summed E-state index contributed by atoms with van der Waals surface area (Å²) in [6.45, 7) is 4.70. The van der Waals surface area contributed by atoms with Crippen molar-refractivity contribution in [1.29, 1.82) is 0 Å². The number of H-pyrrole nitrogens is 1. The monoisotopic (exact) mass is 423 g/mol. The molecule has 31 heavy (non-hydrogen) atoms. The molecule has 4 aromatic heterocycles. The number of nitrogens with one attached hydrogen (secondary N) is 1. The van der Waals surface area contributed by atoms with Crippen molar-refractivity contribution < 1.29 is 4.52 Å².